The molecule has 114 valence electrons. The fraction of sp³-hybridized carbons (Fsp3) is 0.429. The molecule has 7 nitrogen and oxygen atoms in total. The molecule has 1 amide bonds. The molecule has 0 saturated carbocycles. The molecule has 1 fully saturated rings. The molecule has 0 bridgehead atoms. The number of amides is 1. The number of hydrogen-bond donors (Lipinski definition) is 2. The summed E-state index contributed by atoms with van der Waals surface area (Å²) in [5.41, 5.74) is 0.598. The maximum Gasteiger partial charge on any atom is 0.326 e. The van der Waals surface area contributed by atoms with Crippen LogP contribution in [0.25, 0.3) is 0 Å². The molecule has 1 heterocycles. The highest BCUT2D eigenvalue weighted by atomic mass is 16.5. The summed E-state index contributed by atoms with van der Waals surface area (Å²) >= 11 is 0. The Morgan fingerprint density at radius 3 is 2.24 bits per heavy atom. The Labute approximate surface area is 121 Å². The van der Waals surface area contributed by atoms with Gasteiger partial charge in [-0.3, -0.25) is 4.79 Å². The molecule has 2 atom stereocenters. The average Bonchev–Trinajstić information content (AvgIpc) is 2.87. The summed E-state index contributed by atoms with van der Waals surface area (Å²) in [6.07, 6.45) is 0.0861. The van der Waals surface area contributed by atoms with Crippen LogP contribution in [-0.2, 0) is 9.59 Å². The van der Waals surface area contributed by atoms with Gasteiger partial charge in [-0.05, 0) is 6.07 Å². The number of carboxylic acids is 1. The lowest BCUT2D eigenvalue weighted by molar-refractivity contribution is -0.140. The normalized spacial score (nSPS) is 20.8. The number of ether oxygens (including phenoxy) is 3. The molecule has 1 aliphatic rings. The van der Waals surface area contributed by atoms with Crippen molar-refractivity contribution >= 4 is 11.9 Å². The maximum atomic E-state index is 11.5. The highest BCUT2D eigenvalue weighted by molar-refractivity contribution is 5.89. The molecule has 0 radical (unpaired) electrons. The third-order valence-electron chi connectivity index (χ3n) is 3.53. The summed E-state index contributed by atoms with van der Waals surface area (Å²) in [7, 11) is 4.46. The van der Waals surface area contributed by atoms with E-state index in [1.165, 1.54) is 21.3 Å². The van der Waals surface area contributed by atoms with Crippen molar-refractivity contribution in [3.05, 3.63) is 17.7 Å². The largest absolute Gasteiger partial charge is 0.496 e. The van der Waals surface area contributed by atoms with Gasteiger partial charge in [0.2, 0.25) is 5.91 Å². The van der Waals surface area contributed by atoms with E-state index in [4.69, 9.17) is 14.2 Å². The van der Waals surface area contributed by atoms with Crippen molar-refractivity contribution in [2.24, 2.45) is 0 Å². The van der Waals surface area contributed by atoms with Gasteiger partial charge < -0.3 is 24.6 Å². The van der Waals surface area contributed by atoms with Crippen molar-refractivity contribution in [3.63, 3.8) is 0 Å². The Morgan fingerprint density at radius 1 is 1.14 bits per heavy atom. The zero-order valence-corrected chi connectivity index (χ0v) is 12.0. The van der Waals surface area contributed by atoms with E-state index in [9.17, 15) is 14.7 Å². The van der Waals surface area contributed by atoms with Gasteiger partial charge in [0.25, 0.3) is 0 Å². The van der Waals surface area contributed by atoms with Crippen LogP contribution in [0.2, 0.25) is 0 Å². The summed E-state index contributed by atoms with van der Waals surface area (Å²) in [6.45, 7) is 0. The number of carbonyl (C=O) groups excluding carboxylic acids is 1. The Balaban J connectivity index is 2.51. The van der Waals surface area contributed by atoms with E-state index in [0.717, 1.165) is 0 Å². The van der Waals surface area contributed by atoms with Crippen molar-refractivity contribution in [3.8, 4) is 17.2 Å². The number of benzene rings is 1. The van der Waals surface area contributed by atoms with E-state index >= 15 is 0 Å². The molecule has 2 unspecified atom stereocenters. The Morgan fingerprint density at radius 2 is 1.71 bits per heavy atom. The van der Waals surface area contributed by atoms with Crippen LogP contribution in [0.3, 0.4) is 0 Å². The average molecular weight is 295 g/mol. The Bertz CT molecular complexity index is 571. The highest BCUT2D eigenvalue weighted by Gasteiger charge is 2.40. The smallest absolute Gasteiger partial charge is 0.326 e. The molecule has 1 aliphatic heterocycles. The first-order valence-corrected chi connectivity index (χ1v) is 6.33. The molecular weight excluding hydrogens is 278 g/mol. The second-order valence-electron chi connectivity index (χ2n) is 4.64. The molecular formula is C14H17NO6. The standard InChI is InChI=1S/C14H17NO6/c1-19-9-6-11(21-3)10(20-2)4-7(9)8-5-12(16)15-13(8)14(17)18/h4,6,8,13H,5H2,1-3H3,(H,15,16)(H,17,18). The first-order valence-electron chi connectivity index (χ1n) is 6.33. The summed E-state index contributed by atoms with van der Waals surface area (Å²) in [4.78, 5) is 22.8. The lowest BCUT2D eigenvalue weighted by Crippen LogP contribution is -2.36. The summed E-state index contributed by atoms with van der Waals surface area (Å²) < 4.78 is 15.7. The van der Waals surface area contributed by atoms with Crippen LogP contribution in [0.4, 0.5) is 0 Å². The van der Waals surface area contributed by atoms with Crippen molar-refractivity contribution < 1.29 is 28.9 Å². The summed E-state index contributed by atoms with van der Waals surface area (Å²) in [5, 5.41) is 11.7. The van der Waals surface area contributed by atoms with Gasteiger partial charge in [0.1, 0.15) is 11.8 Å². The van der Waals surface area contributed by atoms with Gasteiger partial charge in [0.15, 0.2) is 11.5 Å². The van der Waals surface area contributed by atoms with E-state index in [2.05, 4.69) is 5.32 Å². The number of carboxylic acid groups (broad SMARTS) is 1. The first kappa shape index (κ1) is 15.0. The van der Waals surface area contributed by atoms with E-state index in [0.29, 0.717) is 22.8 Å². The predicted octanol–water partition coefficient (Wildman–Crippen LogP) is 0.769. The molecule has 1 saturated heterocycles. The summed E-state index contributed by atoms with van der Waals surface area (Å²) in [5.74, 6) is -0.517. The monoisotopic (exact) mass is 295 g/mol. The van der Waals surface area contributed by atoms with Crippen molar-refractivity contribution in [1.82, 2.24) is 5.32 Å². The number of rotatable bonds is 5. The molecule has 0 spiro atoms. The topological polar surface area (TPSA) is 94.1 Å². The number of nitrogens with one attached hydrogen (secondary N) is 1. The molecule has 2 rings (SSSR count). The van der Waals surface area contributed by atoms with Crippen LogP contribution in [0.5, 0.6) is 17.2 Å². The first-order chi connectivity index (χ1) is 10.0. The number of carbonyl (C=O) groups is 2. The fourth-order valence-corrected chi connectivity index (χ4v) is 2.52. The highest BCUT2D eigenvalue weighted by Crippen LogP contribution is 2.41. The maximum absolute atomic E-state index is 11.5. The van der Waals surface area contributed by atoms with Gasteiger partial charge in [-0.1, -0.05) is 0 Å². The Kier molecular flexibility index (Phi) is 4.21. The van der Waals surface area contributed by atoms with Crippen LogP contribution in [0.15, 0.2) is 12.1 Å². The van der Waals surface area contributed by atoms with E-state index in [1.807, 2.05) is 0 Å². The SMILES string of the molecule is COc1cc(OC)c(C2CC(=O)NC2C(=O)O)cc1OC. The van der Waals surface area contributed by atoms with Gasteiger partial charge >= 0.3 is 5.97 Å². The van der Waals surface area contributed by atoms with Crippen LogP contribution in [-0.4, -0.2) is 44.4 Å². The van der Waals surface area contributed by atoms with Crippen LogP contribution in [0.1, 0.15) is 17.9 Å². The van der Waals surface area contributed by atoms with Gasteiger partial charge in [0.05, 0.1) is 21.3 Å². The quantitative estimate of drug-likeness (QED) is 0.833. The lowest BCUT2D eigenvalue weighted by Gasteiger charge is -2.20. The molecule has 0 aromatic heterocycles. The second kappa shape index (κ2) is 5.90. The van der Waals surface area contributed by atoms with Crippen molar-refractivity contribution in [2.75, 3.05) is 21.3 Å². The number of hydrogen-bond acceptors (Lipinski definition) is 5. The van der Waals surface area contributed by atoms with E-state index in [-0.39, 0.29) is 12.3 Å². The van der Waals surface area contributed by atoms with E-state index < -0.39 is 17.9 Å². The second-order valence-corrected chi connectivity index (χ2v) is 4.64. The van der Waals surface area contributed by atoms with Crippen LogP contribution >= 0.6 is 0 Å². The Hall–Kier alpha value is -2.44. The minimum Gasteiger partial charge on any atom is -0.496 e. The van der Waals surface area contributed by atoms with Crippen molar-refractivity contribution in [1.29, 1.82) is 0 Å². The summed E-state index contributed by atoms with van der Waals surface area (Å²) in [6, 6.07) is 2.29. The van der Waals surface area contributed by atoms with Gasteiger partial charge in [-0.25, -0.2) is 4.79 Å². The van der Waals surface area contributed by atoms with Crippen molar-refractivity contribution in [2.45, 2.75) is 18.4 Å². The fourth-order valence-electron chi connectivity index (χ4n) is 2.52. The lowest BCUT2D eigenvalue weighted by atomic mass is 9.90. The molecule has 0 aliphatic carbocycles. The predicted molar refractivity (Wildman–Crippen MR) is 73.0 cm³/mol. The van der Waals surface area contributed by atoms with E-state index in [1.54, 1.807) is 12.1 Å². The number of methoxy groups -OCH3 is 3. The van der Waals surface area contributed by atoms with Crippen LogP contribution < -0.4 is 19.5 Å². The third kappa shape index (κ3) is 2.72. The van der Waals surface area contributed by atoms with Gasteiger partial charge in [-0.15, -0.1) is 0 Å². The molecule has 21 heavy (non-hydrogen) atoms. The minimum atomic E-state index is -1.08. The van der Waals surface area contributed by atoms with Gasteiger partial charge in [-0.2, -0.15) is 0 Å². The van der Waals surface area contributed by atoms with Crippen LogP contribution in [0, 0.1) is 0 Å². The number of aliphatic carboxylic acids is 1. The minimum absolute atomic E-state index is 0.0861. The third-order valence-corrected chi connectivity index (χ3v) is 3.53. The van der Waals surface area contributed by atoms with Gasteiger partial charge in [0, 0.05) is 24.0 Å². The molecule has 1 aromatic carbocycles. The molecule has 7 heteroatoms. The molecule has 2 N–H and O–H groups in total. The molecule has 1 aromatic rings. The zero-order chi connectivity index (χ0) is 15.6. The zero-order valence-electron chi connectivity index (χ0n) is 12.0.